The summed E-state index contributed by atoms with van der Waals surface area (Å²) in [6.07, 6.45) is 1.68. The summed E-state index contributed by atoms with van der Waals surface area (Å²) in [4.78, 5) is 11.7. The largest absolute Gasteiger partial charge is 0.506 e. The highest BCUT2D eigenvalue weighted by molar-refractivity contribution is 6.32. The highest BCUT2D eigenvalue weighted by atomic mass is 35.5. The van der Waals surface area contributed by atoms with E-state index >= 15 is 0 Å². The van der Waals surface area contributed by atoms with Gasteiger partial charge in [-0.25, -0.2) is 0 Å². The van der Waals surface area contributed by atoms with Gasteiger partial charge in [-0.3, -0.25) is 9.48 Å². The molecule has 0 saturated carbocycles. The van der Waals surface area contributed by atoms with Crippen LogP contribution in [0.1, 0.15) is 10.5 Å². The molecule has 5 nitrogen and oxygen atoms in total. The summed E-state index contributed by atoms with van der Waals surface area (Å²) < 4.78 is 1.54. The smallest absolute Gasteiger partial charge is 0.276 e. The van der Waals surface area contributed by atoms with Gasteiger partial charge in [-0.1, -0.05) is 11.6 Å². The Morgan fingerprint density at radius 3 is 2.82 bits per heavy atom. The van der Waals surface area contributed by atoms with Crippen molar-refractivity contribution >= 4 is 23.2 Å². The molecule has 0 aliphatic heterocycles. The lowest BCUT2D eigenvalue weighted by atomic mass is 10.3. The Morgan fingerprint density at radius 1 is 1.47 bits per heavy atom. The second-order valence-corrected chi connectivity index (χ2v) is 3.90. The maximum Gasteiger partial charge on any atom is 0.276 e. The highest BCUT2D eigenvalue weighted by Gasteiger charge is 2.09. The topological polar surface area (TPSA) is 67.2 Å². The first-order valence-corrected chi connectivity index (χ1v) is 5.23. The molecule has 6 heteroatoms. The van der Waals surface area contributed by atoms with Gasteiger partial charge in [0, 0.05) is 18.9 Å². The molecule has 1 aromatic carbocycles. The van der Waals surface area contributed by atoms with E-state index in [1.54, 1.807) is 30.1 Å². The van der Waals surface area contributed by atoms with E-state index in [0.717, 1.165) is 0 Å². The van der Waals surface area contributed by atoms with E-state index in [-0.39, 0.29) is 16.7 Å². The van der Waals surface area contributed by atoms with E-state index in [1.165, 1.54) is 12.1 Å². The molecule has 2 rings (SSSR count). The van der Waals surface area contributed by atoms with E-state index in [9.17, 15) is 9.90 Å². The average molecular weight is 252 g/mol. The predicted molar refractivity (Wildman–Crippen MR) is 64.3 cm³/mol. The Hall–Kier alpha value is -2.01. The molecule has 0 atom stereocenters. The number of phenols is 1. The third-order valence-corrected chi connectivity index (χ3v) is 2.45. The minimum atomic E-state index is -0.327. The van der Waals surface area contributed by atoms with E-state index in [4.69, 9.17) is 11.6 Å². The van der Waals surface area contributed by atoms with Crippen LogP contribution >= 0.6 is 11.6 Å². The van der Waals surface area contributed by atoms with Gasteiger partial charge < -0.3 is 10.4 Å². The molecule has 1 amide bonds. The van der Waals surface area contributed by atoms with Crippen LogP contribution in [0.4, 0.5) is 5.69 Å². The van der Waals surface area contributed by atoms with Gasteiger partial charge in [0.05, 0.1) is 5.02 Å². The molecule has 88 valence electrons. The molecule has 2 N–H and O–H groups in total. The van der Waals surface area contributed by atoms with E-state index in [2.05, 4.69) is 10.4 Å². The van der Waals surface area contributed by atoms with Crippen LogP contribution in [0.2, 0.25) is 5.02 Å². The highest BCUT2D eigenvalue weighted by Crippen LogP contribution is 2.26. The van der Waals surface area contributed by atoms with Gasteiger partial charge >= 0.3 is 0 Å². The van der Waals surface area contributed by atoms with Crippen molar-refractivity contribution in [1.29, 1.82) is 0 Å². The first-order valence-electron chi connectivity index (χ1n) is 4.86. The van der Waals surface area contributed by atoms with Crippen molar-refractivity contribution in [3.63, 3.8) is 0 Å². The molecule has 0 spiro atoms. The van der Waals surface area contributed by atoms with Gasteiger partial charge in [0.2, 0.25) is 0 Å². The summed E-state index contributed by atoms with van der Waals surface area (Å²) in [7, 11) is 1.73. The van der Waals surface area contributed by atoms with Gasteiger partial charge in [0.25, 0.3) is 5.91 Å². The van der Waals surface area contributed by atoms with Crippen molar-refractivity contribution < 1.29 is 9.90 Å². The number of nitrogens with one attached hydrogen (secondary N) is 1. The number of carbonyl (C=O) groups is 1. The lowest BCUT2D eigenvalue weighted by molar-refractivity contribution is 0.102. The van der Waals surface area contributed by atoms with Gasteiger partial charge in [-0.15, -0.1) is 0 Å². The maximum absolute atomic E-state index is 11.7. The van der Waals surface area contributed by atoms with Crippen LogP contribution in [0.3, 0.4) is 0 Å². The Bertz CT molecular complexity index is 566. The van der Waals surface area contributed by atoms with Crippen LogP contribution < -0.4 is 5.32 Å². The number of carbonyl (C=O) groups excluding carboxylic acids is 1. The normalized spacial score (nSPS) is 10.2. The van der Waals surface area contributed by atoms with Crippen LogP contribution in [0, 0.1) is 0 Å². The van der Waals surface area contributed by atoms with Crippen LogP contribution in [-0.2, 0) is 7.05 Å². The second kappa shape index (κ2) is 4.47. The molecule has 0 bridgehead atoms. The van der Waals surface area contributed by atoms with E-state index in [0.29, 0.717) is 11.4 Å². The number of amides is 1. The van der Waals surface area contributed by atoms with Gasteiger partial charge in [0.15, 0.2) is 5.69 Å². The first kappa shape index (κ1) is 11.5. The van der Waals surface area contributed by atoms with Gasteiger partial charge in [-0.05, 0) is 24.3 Å². The van der Waals surface area contributed by atoms with Gasteiger partial charge in [-0.2, -0.15) is 5.10 Å². The van der Waals surface area contributed by atoms with Crippen LogP contribution in [0.25, 0.3) is 0 Å². The zero-order chi connectivity index (χ0) is 12.4. The lowest BCUT2D eigenvalue weighted by Gasteiger charge is -2.04. The fourth-order valence-electron chi connectivity index (χ4n) is 1.32. The molecule has 0 fully saturated rings. The van der Waals surface area contributed by atoms with Crippen molar-refractivity contribution in [3.05, 3.63) is 41.2 Å². The SMILES string of the molecule is Cn1ccc(C(=O)Nc2ccc(O)c(Cl)c2)n1. The molecular formula is C11H10ClN3O2. The number of aryl methyl sites for hydroxylation is 1. The minimum Gasteiger partial charge on any atom is -0.506 e. The molecule has 17 heavy (non-hydrogen) atoms. The van der Waals surface area contributed by atoms with Crippen molar-refractivity contribution in [2.75, 3.05) is 5.32 Å². The molecule has 1 heterocycles. The number of hydrogen-bond donors (Lipinski definition) is 2. The summed E-state index contributed by atoms with van der Waals surface area (Å²) >= 11 is 5.73. The Balaban J connectivity index is 2.15. The summed E-state index contributed by atoms with van der Waals surface area (Å²) in [5.41, 5.74) is 0.820. The van der Waals surface area contributed by atoms with Crippen molar-refractivity contribution in [3.8, 4) is 5.75 Å². The van der Waals surface area contributed by atoms with Crippen molar-refractivity contribution in [2.24, 2.45) is 7.05 Å². The lowest BCUT2D eigenvalue weighted by Crippen LogP contribution is -2.12. The zero-order valence-electron chi connectivity index (χ0n) is 9.01. The van der Waals surface area contributed by atoms with E-state index < -0.39 is 0 Å². The Labute approximate surface area is 103 Å². The van der Waals surface area contributed by atoms with Crippen LogP contribution in [0.5, 0.6) is 5.75 Å². The molecule has 2 aromatic rings. The van der Waals surface area contributed by atoms with Crippen LogP contribution in [-0.4, -0.2) is 20.8 Å². The third-order valence-electron chi connectivity index (χ3n) is 2.15. The van der Waals surface area contributed by atoms with Crippen LogP contribution in [0.15, 0.2) is 30.5 Å². The second-order valence-electron chi connectivity index (χ2n) is 3.49. The summed E-state index contributed by atoms with van der Waals surface area (Å²) in [5, 5.41) is 16.0. The quantitative estimate of drug-likeness (QED) is 0.803. The number of aromatic hydroxyl groups is 1. The fourth-order valence-corrected chi connectivity index (χ4v) is 1.50. The van der Waals surface area contributed by atoms with E-state index in [1.807, 2.05) is 0 Å². The maximum atomic E-state index is 11.7. The number of aromatic nitrogens is 2. The fraction of sp³-hybridized carbons (Fsp3) is 0.0909. The minimum absolute atomic E-state index is 0.0255. The number of halogens is 1. The molecular weight excluding hydrogens is 242 g/mol. The number of rotatable bonds is 2. The monoisotopic (exact) mass is 251 g/mol. The first-order chi connectivity index (χ1) is 8.06. The van der Waals surface area contributed by atoms with Crippen molar-refractivity contribution in [2.45, 2.75) is 0 Å². The number of nitrogens with zero attached hydrogens (tertiary/aromatic N) is 2. The molecule has 0 saturated heterocycles. The Kier molecular flexibility index (Phi) is 3.01. The standard InChI is InChI=1S/C11H10ClN3O2/c1-15-5-4-9(14-15)11(17)13-7-2-3-10(16)8(12)6-7/h2-6,16H,1H3,(H,13,17). The Morgan fingerprint density at radius 2 is 2.24 bits per heavy atom. The summed E-state index contributed by atoms with van der Waals surface area (Å²) in [5.74, 6) is -0.352. The molecule has 0 aliphatic carbocycles. The molecule has 0 unspecified atom stereocenters. The number of phenolic OH excluding ortho intramolecular Hbond substituents is 1. The van der Waals surface area contributed by atoms with Crippen molar-refractivity contribution in [1.82, 2.24) is 9.78 Å². The number of hydrogen-bond acceptors (Lipinski definition) is 3. The third kappa shape index (κ3) is 2.57. The zero-order valence-corrected chi connectivity index (χ0v) is 9.77. The number of benzene rings is 1. The predicted octanol–water partition coefficient (Wildman–Crippen LogP) is 2.03. The number of anilines is 1. The average Bonchev–Trinajstić information content (AvgIpc) is 2.70. The van der Waals surface area contributed by atoms with Gasteiger partial charge in [0.1, 0.15) is 5.75 Å². The summed E-state index contributed by atoms with van der Waals surface area (Å²) in [6, 6.07) is 6.05. The molecule has 0 radical (unpaired) electrons. The molecule has 0 aliphatic rings. The molecule has 1 aromatic heterocycles. The summed E-state index contributed by atoms with van der Waals surface area (Å²) in [6.45, 7) is 0.